The Morgan fingerprint density at radius 2 is 2.41 bits per heavy atom. The number of fused-ring (bicyclic) bond motifs is 1. The normalized spacial score (nSPS) is 21.6. The van der Waals surface area contributed by atoms with Crippen molar-refractivity contribution in [1.82, 2.24) is 9.88 Å². The molecule has 0 saturated carbocycles. The second kappa shape index (κ2) is 7.07. The van der Waals surface area contributed by atoms with Crippen LogP contribution in [0.5, 0.6) is 0 Å². The van der Waals surface area contributed by atoms with Gasteiger partial charge in [0.25, 0.3) is 0 Å². The average Bonchev–Trinajstić information content (AvgIpc) is 3.01. The highest BCUT2D eigenvalue weighted by atomic mass is 16.5. The first-order chi connectivity index (χ1) is 10.8. The first kappa shape index (κ1) is 15.2. The van der Waals surface area contributed by atoms with Crippen LogP contribution in [0.15, 0.2) is 18.3 Å². The third-order valence-corrected chi connectivity index (χ3v) is 4.32. The van der Waals surface area contributed by atoms with Gasteiger partial charge in [0.1, 0.15) is 5.82 Å². The Balaban J connectivity index is 1.77. The number of amides is 1. The topological polar surface area (TPSA) is 54.9 Å². The molecule has 6 nitrogen and oxygen atoms in total. The second-order valence-corrected chi connectivity index (χ2v) is 5.79. The van der Waals surface area contributed by atoms with E-state index in [1.165, 1.54) is 0 Å². The Kier molecular flexibility index (Phi) is 4.90. The molecule has 0 radical (unpaired) electrons. The van der Waals surface area contributed by atoms with Crippen LogP contribution in [0, 0.1) is 5.92 Å². The van der Waals surface area contributed by atoms with Gasteiger partial charge in [0.15, 0.2) is 0 Å². The van der Waals surface area contributed by atoms with Gasteiger partial charge in [0.05, 0.1) is 19.1 Å². The van der Waals surface area contributed by atoms with E-state index in [-0.39, 0.29) is 11.8 Å². The van der Waals surface area contributed by atoms with E-state index < -0.39 is 0 Å². The molecule has 1 fully saturated rings. The number of aromatic nitrogens is 1. The van der Waals surface area contributed by atoms with Gasteiger partial charge in [-0.15, -0.1) is 0 Å². The minimum atomic E-state index is 0.0191. The Morgan fingerprint density at radius 1 is 1.50 bits per heavy atom. The maximum atomic E-state index is 12.7. The summed E-state index contributed by atoms with van der Waals surface area (Å²) in [6.45, 7) is 4.82. The molecule has 6 heteroatoms. The number of rotatable bonds is 4. The second-order valence-electron chi connectivity index (χ2n) is 5.79. The predicted octanol–water partition coefficient (Wildman–Crippen LogP) is 0.913. The van der Waals surface area contributed by atoms with Gasteiger partial charge in [-0.1, -0.05) is 6.07 Å². The summed E-state index contributed by atoms with van der Waals surface area (Å²) in [6.07, 6.45) is 2.64. The van der Waals surface area contributed by atoms with Crippen molar-refractivity contribution in [1.29, 1.82) is 0 Å². The van der Waals surface area contributed by atoms with Crippen molar-refractivity contribution in [3.63, 3.8) is 0 Å². The van der Waals surface area contributed by atoms with Crippen molar-refractivity contribution < 1.29 is 14.3 Å². The van der Waals surface area contributed by atoms with E-state index in [9.17, 15) is 4.79 Å². The minimum absolute atomic E-state index is 0.0191. The van der Waals surface area contributed by atoms with Gasteiger partial charge in [0.2, 0.25) is 5.91 Å². The maximum Gasteiger partial charge on any atom is 0.228 e. The van der Waals surface area contributed by atoms with E-state index in [0.717, 1.165) is 37.4 Å². The van der Waals surface area contributed by atoms with E-state index in [1.807, 2.05) is 11.0 Å². The van der Waals surface area contributed by atoms with Crippen LogP contribution in [-0.4, -0.2) is 62.4 Å². The van der Waals surface area contributed by atoms with Crippen LogP contribution < -0.4 is 4.90 Å². The van der Waals surface area contributed by atoms with Crippen LogP contribution in [-0.2, 0) is 20.8 Å². The molecule has 120 valence electrons. The van der Waals surface area contributed by atoms with Crippen LogP contribution in [0.2, 0.25) is 0 Å². The predicted molar refractivity (Wildman–Crippen MR) is 82.7 cm³/mol. The number of anilines is 1. The fourth-order valence-corrected chi connectivity index (χ4v) is 3.07. The summed E-state index contributed by atoms with van der Waals surface area (Å²) in [5.41, 5.74) is 1.10. The van der Waals surface area contributed by atoms with E-state index in [0.29, 0.717) is 26.4 Å². The van der Waals surface area contributed by atoms with Crippen molar-refractivity contribution in [2.24, 2.45) is 5.92 Å². The van der Waals surface area contributed by atoms with Crippen LogP contribution in [0.3, 0.4) is 0 Å². The summed E-state index contributed by atoms with van der Waals surface area (Å²) in [4.78, 5) is 21.3. The number of nitrogens with zero attached hydrogens (tertiary/aromatic N) is 3. The van der Waals surface area contributed by atoms with Crippen molar-refractivity contribution in [2.75, 3.05) is 51.5 Å². The molecule has 0 aromatic carbocycles. The maximum absolute atomic E-state index is 12.7. The minimum Gasteiger partial charge on any atom is -0.383 e. The summed E-state index contributed by atoms with van der Waals surface area (Å²) in [6, 6.07) is 3.98. The van der Waals surface area contributed by atoms with Gasteiger partial charge in [0, 0.05) is 51.7 Å². The zero-order valence-corrected chi connectivity index (χ0v) is 13.0. The molecule has 1 aromatic heterocycles. The monoisotopic (exact) mass is 305 g/mol. The van der Waals surface area contributed by atoms with Gasteiger partial charge < -0.3 is 19.3 Å². The van der Waals surface area contributed by atoms with E-state index >= 15 is 0 Å². The first-order valence-electron chi connectivity index (χ1n) is 7.84. The van der Waals surface area contributed by atoms with Crippen LogP contribution >= 0.6 is 0 Å². The summed E-state index contributed by atoms with van der Waals surface area (Å²) in [5.74, 6) is 1.20. The Labute approximate surface area is 131 Å². The molecule has 2 aliphatic heterocycles. The van der Waals surface area contributed by atoms with Crippen molar-refractivity contribution in [3.05, 3.63) is 23.9 Å². The summed E-state index contributed by atoms with van der Waals surface area (Å²) >= 11 is 0. The third kappa shape index (κ3) is 3.23. The van der Waals surface area contributed by atoms with Gasteiger partial charge in [-0.05, 0) is 12.5 Å². The van der Waals surface area contributed by atoms with Gasteiger partial charge in [-0.3, -0.25) is 4.79 Å². The Morgan fingerprint density at radius 3 is 3.18 bits per heavy atom. The molecule has 1 aromatic rings. The highest BCUT2D eigenvalue weighted by molar-refractivity contribution is 5.79. The molecule has 2 aliphatic rings. The fourth-order valence-electron chi connectivity index (χ4n) is 3.07. The van der Waals surface area contributed by atoms with Crippen molar-refractivity contribution in [3.8, 4) is 0 Å². The van der Waals surface area contributed by atoms with Gasteiger partial charge in [-0.2, -0.15) is 0 Å². The lowest BCUT2D eigenvalue weighted by molar-refractivity contribution is -0.135. The Bertz CT molecular complexity index is 517. The summed E-state index contributed by atoms with van der Waals surface area (Å²) < 4.78 is 10.5. The number of hydrogen-bond acceptors (Lipinski definition) is 5. The van der Waals surface area contributed by atoms with Crippen LogP contribution in [0.1, 0.15) is 12.0 Å². The lowest BCUT2D eigenvalue weighted by Gasteiger charge is -2.24. The molecule has 0 unspecified atom stereocenters. The van der Waals surface area contributed by atoms with E-state index in [1.54, 1.807) is 13.3 Å². The molecule has 0 N–H and O–H groups in total. The molecular weight excluding hydrogens is 282 g/mol. The lowest BCUT2D eigenvalue weighted by atomic mass is 10.1. The molecule has 1 saturated heterocycles. The van der Waals surface area contributed by atoms with Crippen molar-refractivity contribution in [2.45, 2.75) is 13.0 Å². The number of carbonyl (C=O) groups excluding carboxylic acids is 1. The number of ether oxygens (including phenoxy) is 2. The first-order valence-corrected chi connectivity index (χ1v) is 7.84. The Hall–Kier alpha value is -1.66. The number of methoxy groups -OCH3 is 1. The van der Waals surface area contributed by atoms with E-state index in [4.69, 9.17) is 9.47 Å². The smallest absolute Gasteiger partial charge is 0.228 e. The quantitative estimate of drug-likeness (QED) is 0.828. The molecule has 0 aliphatic carbocycles. The van der Waals surface area contributed by atoms with E-state index in [2.05, 4.69) is 16.0 Å². The molecule has 0 spiro atoms. The van der Waals surface area contributed by atoms with Gasteiger partial charge in [-0.25, -0.2) is 4.98 Å². The molecule has 1 amide bonds. The molecule has 3 heterocycles. The van der Waals surface area contributed by atoms with Crippen LogP contribution in [0.4, 0.5) is 5.82 Å². The zero-order chi connectivity index (χ0) is 15.4. The summed E-state index contributed by atoms with van der Waals surface area (Å²) in [5, 5.41) is 0. The number of hydrogen-bond donors (Lipinski definition) is 0. The highest BCUT2D eigenvalue weighted by Gasteiger charge is 2.30. The summed E-state index contributed by atoms with van der Waals surface area (Å²) in [7, 11) is 1.70. The largest absolute Gasteiger partial charge is 0.383 e. The molecule has 0 bridgehead atoms. The zero-order valence-electron chi connectivity index (χ0n) is 13.0. The van der Waals surface area contributed by atoms with Crippen molar-refractivity contribution >= 4 is 11.7 Å². The van der Waals surface area contributed by atoms with Gasteiger partial charge >= 0.3 is 0 Å². The molecular formula is C16H23N3O3. The number of pyridine rings is 1. The SMILES string of the molecule is COCCN1CCN(C(=O)[C@H]2CCOC2)Cc2cccnc21. The molecule has 22 heavy (non-hydrogen) atoms. The molecule has 1 atom stereocenters. The number of carbonyl (C=O) groups is 1. The molecule has 3 rings (SSSR count). The fraction of sp³-hybridized carbons (Fsp3) is 0.625. The third-order valence-electron chi connectivity index (χ3n) is 4.32. The lowest BCUT2D eigenvalue weighted by Crippen LogP contribution is -2.39. The standard InChI is InChI=1S/C16H23N3O3/c1-21-10-8-18-6-7-19(16(20)14-4-9-22-12-14)11-13-3-2-5-17-15(13)18/h2-3,5,14H,4,6-12H2,1H3/t14-/m0/s1. The van der Waals surface area contributed by atoms with Crippen LogP contribution in [0.25, 0.3) is 0 Å². The average molecular weight is 305 g/mol. The highest BCUT2D eigenvalue weighted by Crippen LogP contribution is 2.24.